The summed E-state index contributed by atoms with van der Waals surface area (Å²) in [4.78, 5) is 0. The fourth-order valence-corrected chi connectivity index (χ4v) is 2.70. The molecule has 18 heavy (non-hydrogen) atoms. The topological polar surface area (TPSA) is 0 Å². The van der Waals surface area contributed by atoms with Gasteiger partial charge in [0.05, 0.1) is 0 Å². The van der Waals surface area contributed by atoms with Gasteiger partial charge in [-0.05, 0) is 60.6 Å². The van der Waals surface area contributed by atoms with E-state index in [0.29, 0.717) is 0 Å². The minimum Gasteiger partial charge on any atom is -0.0683 e. The first-order valence-corrected chi connectivity index (χ1v) is 6.52. The summed E-state index contributed by atoms with van der Waals surface area (Å²) in [5.74, 6) is 0. The first-order valence-electron chi connectivity index (χ1n) is 6.52. The molecule has 0 aromatic heterocycles. The molecule has 0 saturated heterocycles. The summed E-state index contributed by atoms with van der Waals surface area (Å²) in [6.07, 6.45) is 3.44. The minimum atomic E-state index is 1.11. The normalized spacial score (nSPS) is 13.4. The maximum atomic E-state index is 2.33. The van der Waals surface area contributed by atoms with E-state index in [1.807, 2.05) is 0 Å². The van der Waals surface area contributed by atoms with Crippen LogP contribution >= 0.6 is 0 Å². The molecule has 0 amide bonds. The van der Waals surface area contributed by atoms with E-state index in [1.165, 1.54) is 39.0 Å². The largest absolute Gasteiger partial charge is 0.0683 e. The van der Waals surface area contributed by atoms with Crippen molar-refractivity contribution in [2.24, 2.45) is 0 Å². The molecule has 0 fully saturated rings. The summed E-state index contributed by atoms with van der Waals surface area (Å²) >= 11 is 0. The highest BCUT2D eigenvalue weighted by atomic mass is 14.2. The Morgan fingerprint density at radius 2 is 1.72 bits per heavy atom. The Balaban J connectivity index is 2.18. The lowest BCUT2D eigenvalue weighted by Gasteiger charge is -2.10. The first kappa shape index (κ1) is 11.3. The van der Waals surface area contributed by atoms with Crippen molar-refractivity contribution in [1.82, 2.24) is 0 Å². The number of rotatable bonds is 1. The van der Waals surface area contributed by atoms with Crippen LogP contribution in [0.3, 0.4) is 0 Å². The average molecular weight is 234 g/mol. The van der Waals surface area contributed by atoms with Crippen LogP contribution in [0.15, 0.2) is 42.0 Å². The van der Waals surface area contributed by atoms with Crippen molar-refractivity contribution in [3.05, 3.63) is 64.2 Å². The van der Waals surface area contributed by atoms with Crippen LogP contribution in [0.4, 0.5) is 0 Å². The zero-order chi connectivity index (χ0) is 12.7. The Hall–Kier alpha value is -1.82. The van der Waals surface area contributed by atoms with Gasteiger partial charge in [0.1, 0.15) is 0 Å². The SMILES string of the molecule is CC1=Cc2c(cccc2-c2ccc(C)c(C)c2)C1. The molecule has 3 rings (SSSR count). The van der Waals surface area contributed by atoms with Crippen molar-refractivity contribution >= 4 is 6.08 Å². The molecule has 0 N–H and O–H groups in total. The van der Waals surface area contributed by atoms with Gasteiger partial charge in [0.2, 0.25) is 0 Å². The molecular weight excluding hydrogens is 216 g/mol. The third-order valence-corrected chi connectivity index (χ3v) is 3.87. The number of hydrogen-bond acceptors (Lipinski definition) is 0. The molecule has 2 aromatic carbocycles. The van der Waals surface area contributed by atoms with Gasteiger partial charge in [-0.25, -0.2) is 0 Å². The molecule has 1 aliphatic carbocycles. The first-order chi connectivity index (χ1) is 8.65. The lowest BCUT2D eigenvalue weighted by molar-refractivity contribution is 1.20. The molecule has 90 valence electrons. The molecule has 2 aromatic rings. The van der Waals surface area contributed by atoms with Crippen LogP contribution < -0.4 is 0 Å². The van der Waals surface area contributed by atoms with Gasteiger partial charge in [-0.3, -0.25) is 0 Å². The summed E-state index contributed by atoms with van der Waals surface area (Å²) in [5.41, 5.74) is 9.76. The van der Waals surface area contributed by atoms with Crippen LogP contribution in [0.5, 0.6) is 0 Å². The van der Waals surface area contributed by atoms with E-state index in [1.54, 1.807) is 0 Å². The molecule has 1 aliphatic rings. The molecule has 0 nitrogen and oxygen atoms in total. The summed E-state index contributed by atoms with van der Waals surface area (Å²) in [7, 11) is 0. The van der Waals surface area contributed by atoms with Gasteiger partial charge >= 0.3 is 0 Å². The fourth-order valence-electron chi connectivity index (χ4n) is 2.70. The van der Waals surface area contributed by atoms with Gasteiger partial charge in [0.15, 0.2) is 0 Å². The Morgan fingerprint density at radius 3 is 2.50 bits per heavy atom. The van der Waals surface area contributed by atoms with Crippen molar-refractivity contribution in [1.29, 1.82) is 0 Å². The zero-order valence-corrected chi connectivity index (χ0v) is 11.2. The van der Waals surface area contributed by atoms with E-state index in [2.05, 4.69) is 63.2 Å². The van der Waals surface area contributed by atoms with Crippen molar-refractivity contribution < 1.29 is 0 Å². The Bertz CT molecular complexity index is 645. The molecule has 0 heterocycles. The monoisotopic (exact) mass is 234 g/mol. The van der Waals surface area contributed by atoms with E-state index in [4.69, 9.17) is 0 Å². The van der Waals surface area contributed by atoms with E-state index in [0.717, 1.165) is 6.42 Å². The van der Waals surface area contributed by atoms with Crippen molar-refractivity contribution in [2.75, 3.05) is 0 Å². The van der Waals surface area contributed by atoms with Gasteiger partial charge in [-0.1, -0.05) is 48.0 Å². The van der Waals surface area contributed by atoms with E-state index >= 15 is 0 Å². The molecule has 0 radical (unpaired) electrons. The molecule has 0 unspecified atom stereocenters. The van der Waals surface area contributed by atoms with Crippen molar-refractivity contribution in [2.45, 2.75) is 27.2 Å². The number of fused-ring (bicyclic) bond motifs is 1. The maximum absolute atomic E-state index is 2.33. The van der Waals surface area contributed by atoms with Crippen molar-refractivity contribution in [3.63, 3.8) is 0 Å². The number of allylic oxidation sites excluding steroid dienone is 1. The predicted octanol–water partition coefficient (Wildman–Crippen LogP) is 4.93. The Morgan fingerprint density at radius 1 is 0.889 bits per heavy atom. The molecule has 0 atom stereocenters. The van der Waals surface area contributed by atoms with Crippen LogP contribution in [0.2, 0.25) is 0 Å². The van der Waals surface area contributed by atoms with E-state index in [-0.39, 0.29) is 0 Å². The highest BCUT2D eigenvalue weighted by molar-refractivity contribution is 5.80. The smallest absolute Gasteiger partial charge is 0.00604 e. The second-order valence-electron chi connectivity index (χ2n) is 5.34. The summed E-state index contributed by atoms with van der Waals surface area (Å²) < 4.78 is 0. The minimum absolute atomic E-state index is 1.11. The van der Waals surface area contributed by atoms with Gasteiger partial charge in [0.25, 0.3) is 0 Å². The number of hydrogen-bond donors (Lipinski definition) is 0. The highest BCUT2D eigenvalue weighted by Crippen LogP contribution is 2.34. The third-order valence-electron chi connectivity index (χ3n) is 3.87. The van der Waals surface area contributed by atoms with E-state index in [9.17, 15) is 0 Å². The van der Waals surface area contributed by atoms with Crippen LogP contribution in [0, 0.1) is 13.8 Å². The van der Waals surface area contributed by atoms with Crippen LogP contribution in [-0.2, 0) is 6.42 Å². The molecule has 0 saturated carbocycles. The zero-order valence-electron chi connectivity index (χ0n) is 11.2. The lowest BCUT2D eigenvalue weighted by Crippen LogP contribution is -1.89. The second-order valence-corrected chi connectivity index (χ2v) is 5.34. The third kappa shape index (κ3) is 1.78. The predicted molar refractivity (Wildman–Crippen MR) is 78.7 cm³/mol. The standard InChI is InChI=1S/C18H18/c1-12-9-15-5-4-6-17(18(15)10-12)16-8-7-13(2)14(3)11-16/h4-8,10-11H,9H2,1-3H3. The van der Waals surface area contributed by atoms with Gasteiger partial charge in [-0.15, -0.1) is 0 Å². The molecule has 0 spiro atoms. The lowest BCUT2D eigenvalue weighted by atomic mass is 9.95. The Kier molecular flexibility index (Phi) is 2.59. The molecule has 0 bridgehead atoms. The summed E-state index contributed by atoms with van der Waals surface area (Å²) in [6, 6.07) is 13.4. The van der Waals surface area contributed by atoms with Crippen LogP contribution in [0.25, 0.3) is 17.2 Å². The summed E-state index contributed by atoms with van der Waals surface area (Å²) in [5, 5.41) is 0. The maximum Gasteiger partial charge on any atom is -0.00604 e. The highest BCUT2D eigenvalue weighted by Gasteiger charge is 2.14. The number of aryl methyl sites for hydroxylation is 2. The molecule has 0 aliphatic heterocycles. The average Bonchev–Trinajstić information content (AvgIpc) is 2.72. The van der Waals surface area contributed by atoms with Gasteiger partial charge in [-0.2, -0.15) is 0 Å². The molecule has 0 heteroatoms. The molecular formula is C18H18. The van der Waals surface area contributed by atoms with Gasteiger partial charge in [0, 0.05) is 0 Å². The number of benzene rings is 2. The second kappa shape index (κ2) is 4.13. The quantitative estimate of drug-likeness (QED) is 0.656. The fraction of sp³-hybridized carbons (Fsp3) is 0.222. The van der Waals surface area contributed by atoms with Gasteiger partial charge < -0.3 is 0 Å². The van der Waals surface area contributed by atoms with Crippen LogP contribution in [0.1, 0.15) is 29.2 Å². The van der Waals surface area contributed by atoms with E-state index < -0.39 is 0 Å². The van der Waals surface area contributed by atoms with Crippen LogP contribution in [-0.4, -0.2) is 0 Å². The summed E-state index contributed by atoms with van der Waals surface area (Å²) in [6.45, 7) is 6.56. The van der Waals surface area contributed by atoms with Crippen molar-refractivity contribution in [3.8, 4) is 11.1 Å². The Labute approximate surface area is 109 Å².